The van der Waals surface area contributed by atoms with Gasteiger partial charge in [0.25, 0.3) is 0 Å². The molecule has 4 aromatic heterocycles. The first kappa shape index (κ1) is 17.7. The van der Waals surface area contributed by atoms with E-state index in [2.05, 4.69) is 32.1 Å². The molecule has 0 aromatic carbocycles. The average molecular weight is 396 g/mol. The second kappa shape index (κ2) is 7.89. The molecular weight excluding hydrogens is 378 g/mol. The van der Waals surface area contributed by atoms with Gasteiger partial charge in [0, 0.05) is 23.9 Å². The molecule has 6 nitrogen and oxygen atoms in total. The summed E-state index contributed by atoms with van der Waals surface area (Å²) in [6, 6.07) is 7.75. The Morgan fingerprint density at radius 1 is 1.30 bits per heavy atom. The SMILES string of the molecule is C=CCn1c(SCc2csc(-c3ccccn3)n2)nnc1-c1ccoc1C. The first-order valence-corrected chi connectivity index (χ1v) is 10.2. The summed E-state index contributed by atoms with van der Waals surface area (Å²) in [5.74, 6) is 2.32. The second-order valence-electron chi connectivity index (χ2n) is 5.74. The number of rotatable bonds is 7. The third kappa shape index (κ3) is 3.72. The third-order valence-corrected chi connectivity index (χ3v) is 5.83. The predicted octanol–water partition coefficient (Wildman–Crippen LogP) is 4.84. The minimum absolute atomic E-state index is 0.630. The van der Waals surface area contributed by atoms with Crippen LogP contribution in [0.5, 0.6) is 0 Å². The van der Waals surface area contributed by atoms with Crippen molar-refractivity contribution >= 4 is 23.1 Å². The van der Waals surface area contributed by atoms with E-state index in [0.717, 1.165) is 38.7 Å². The molecule has 0 amide bonds. The molecule has 0 bridgehead atoms. The maximum absolute atomic E-state index is 5.41. The van der Waals surface area contributed by atoms with Gasteiger partial charge in [-0.05, 0) is 25.1 Å². The van der Waals surface area contributed by atoms with E-state index < -0.39 is 0 Å². The van der Waals surface area contributed by atoms with Crippen molar-refractivity contribution in [3.05, 3.63) is 66.2 Å². The molecule has 0 aliphatic carbocycles. The van der Waals surface area contributed by atoms with Crippen LogP contribution in [0.2, 0.25) is 0 Å². The lowest BCUT2D eigenvalue weighted by molar-refractivity contribution is 0.534. The Bertz CT molecular complexity index is 1050. The molecule has 0 spiro atoms. The molecule has 0 saturated heterocycles. The number of allylic oxidation sites excluding steroid dienone is 1. The fourth-order valence-corrected chi connectivity index (χ4v) is 4.36. The molecule has 4 heterocycles. The van der Waals surface area contributed by atoms with Crippen LogP contribution in [0, 0.1) is 6.92 Å². The van der Waals surface area contributed by atoms with Crippen LogP contribution in [0.15, 0.2) is 64.3 Å². The first-order chi connectivity index (χ1) is 13.3. The molecule has 0 unspecified atom stereocenters. The molecule has 0 radical (unpaired) electrons. The number of aryl methyl sites for hydroxylation is 1. The summed E-state index contributed by atoms with van der Waals surface area (Å²) in [6.07, 6.45) is 5.29. The van der Waals surface area contributed by atoms with Crippen molar-refractivity contribution in [2.45, 2.75) is 24.4 Å². The summed E-state index contributed by atoms with van der Waals surface area (Å²) in [6.45, 7) is 6.40. The molecule has 0 fully saturated rings. The van der Waals surface area contributed by atoms with E-state index >= 15 is 0 Å². The average Bonchev–Trinajstić information content (AvgIpc) is 3.41. The van der Waals surface area contributed by atoms with Crippen molar-refractivity contribution in [1.82, 2.24) is 24.7 Å². The van der Waals surface area contributed by atoms with Gasteiger partial charge in [-0.3, -0.25) is 9.55 Å². The summed E-state index contributed by atoms with van der Waals surface area (Å²) in [5, 5.41) is 12.5. The van der Waals surface area contributed by atoms with Crippen LogP contribution in [-0.2, 0) is 12.3 Å². The number of nitrogens with zero attached hydrogens (tertiary/aromatic N) is 5. The van der Waals surface area contributed by atoms with E-state index in [9.17, 15) is 0 Å². The van der Waals surface area contributed by atoms with Crippen LogP contribution in [0.1, 0.15) is 11.5 Å². The zero-order chi connectivity index (χ0) is 18.6. The highest BCUT2D eigenvalue weighted by Gasteiger charge is 2.17. The molecule has 0 aliphatic heterocycles. The highest BCUT2D eigenvalue weighted by atomic mass is 32.2. The van der Waals surface area contributed by atoms with Gasteiger partial charge >= 0.3 is 0 Å². The minimum atomic E-state index is 0.630. The summed E-state index contributed by atoms with van der Waals surface area (Å²) in [4.78, 5) is 9.04. The van der Waals surface area contributed by atoms with Gasteiger partial charge in [0.1, 0.15) is 10.8 Å². The Hall–Kier alpha value is -2.71. The lowest BCUT2D eigenvalue weighted by atomic mass is 10.2. The van der Waals surface area contributed by atoms with Gasteiger partial charge in [-0.2, -0.15) is 0 Å². The van der Waals surface area contributed by atoms with Gasteiger partial charge in [-0.15, -0.1) is 28.1 Å². The van der Waals surface area contributed by atoms with Gasteiger partial charge in [0.2, 0.25) is 0 Å². The number of hydrogen-bond donors (Lipinski definition) is 0. The van der Waals surface area contributed by atoms with E-state index in [4.69, 9.17) is 4.42 Å². The van der Waals surface area contributed by atoms with Crippen molar-refractivity contribution < 1.29 is 4.42 Å². The van der Waals surface area contributed by atoms with Gasteiger partial charge < -0.3 is 4.42 Å². The van der Waals surface area contributed by atoms with E-state index in [-0.39, 0.29) is 0 Å². The van der Waals surface area contributed by atoms with Crippen molar-refractivity contribution in [3.63, 3.8) is 0 Å². The number of thioether (sulfide) groups is 1. The van der Waals surface area contributed by atoms with Crippen LogP contribution in [0.4, 0.5) is 0 Å². The molecule has 0 aliphatic rings. The minimum Gasteiger partial charge on any atom is -0.469 e. The molecule has 8 heteroatoms. The van der Waals surface area contributed by atoms with E-state index in [1.165, 1.54) is 0 Å². The van der Waals surface area contributed by atoms with Crippen LogP contribution < -0.4 is 0 Å². The highest BCUT2D eigenvalue weighted by Crippen LogP contribution is 2.30. The zero-order valence-corrected chi connectivity index (χ0v) is 16.3. The molecule has 4 rings (SSSR count). The summed E-state index contributed by atoms with van der Waals surface area (Å²) < 4.78 is 7.45. The lowest BCUT2D eigenvalue weighted by Gasteiger charge is -2.06. The fraction of sp³-hybridized carbons (Fsp3) is 0.158. The smallest absolute Gasteiger partial charge is 0.192 e. The van der Waals surface area contributed by atoms with E-state index in [0.29, 0.717) is 12.3 Å². The van der Waals surface area contributed by atoms with Gasteiger partial charge in [0.05, 0.1) is 23.2 Å². The molecule has 0 N–H and O–H groups in total. The number of thiazole rings is 1. The van der Waals surface area contributed by atoms with Crippen LogP contribution in [0.25, 0.3) is 22.1 Å². The van der Waals surface area contributed by atoms with Crippen molar-refractivity contribution in [2.75, 3.05) is 0 Å². The number of furan rings is 1. The maximum Gasteiger partial charge on any atom is 0.192 e. The van der Waals surface area contributed by atoms with Crippen molar-refractivity contribution in [2.24, 2.45) is 0 Å². The largest absolute Gasteiger partial charge is 0.469 e. The van der Waals surface area contributed by atoms with Gasteiger partial charge in [-0.1, -0.05) is 23.9 Å². The number of hydrogen-bond acceptors (Lipinski definition) is 7. The monoisotopic (exact) mass is 395 g/mol. The van der Waals surface area contributed by atoms with Crippen LogP contribution >= 0.6 is 23.1 Å². The maximum atomic E-state index is 5.41. The number of aromatic nitrogens is 5. The summed E-state index contributed by atoms with van der Waals surface area (Å²) in [5.41, 5.74) is 2.84. The first-order valence-electron chi connectivity index (χ1n) is 8.33. The summed E-state index contributed by atoms with van der Waals surface area (Å²) in [7, 11) is 0. The third-order valence-electron chi connectivity index (χ3n) is 3.91. The van der Waals surface area contributed by atoms with E-state index in [1.807, 2.05) is 41.8 Å². The molecule has 4 aromatic rings. The number of pyridine rings is 1. The van der Waals surface area contributed by atoms with Gasteiger partial charge in [-0.25, -0.2) is 4.98 Å². The standard InChI is InChI=1S/C19H17N5OS2/c1-3-9-24-17(15-7-10-25-13(15)2)22-23-19(24)27-12-14-11-26-18(21-14)16-6-4-5-8-20-16/h3-8,10-11H,1,9,12H2,2H3. The van der Waals surface area contributed by atoms with E-state index in [1.54, 1.807) is 35.6 Å². The second-order valence-corrected chi connectivity index (χ2v) is 7.54. The molecule has 0 atom stereocenters. The lowest BCUT2D eigenvalue weighted by Crippen LogP contribution is -2.00. The Labute approximate surface area is 165 Å². The molecule has 0 saturated carbocycles. The highest BCUT2D eigenvalue weighted by molar-refractivity contribution is 7.98. The fourth-order valence-electron chi connectivity index (χ4n) is 2.62. The van der Waals surface area contributed by atoms with Crippen LogP contribution in [-0.4, -0.2) is 24.7 Å². The zero-order valence-electron chi connectivity index (χ0n) is 14.7. The summed E-state index contributed by atoms with van der Waals surface area (Å²) >= 11 is 3.21. The predicted molar refractivity (Wildman–Crippen MR) is 108 cm³/mol. The Morgan fingerprint density at radius 2 is 2.22 bits per heavy atom. The quantitative estimate of drug-likeness (QED) is 0.329. The normalized spacial score (nSPS) is 11.0. The molecule has 27 heavy (non-hydrogen) atoms. The Morgan fingerprint density at radius 3 is 2.96 bits per heavy atom. The topological polar surface area (TPSA) is 69.6 Å². The Balaban J connectivity index is 1.53. The molecule has 136 valence electrons. The molecular formula is C19H17N5OS2. The van der Waals surface area contributed by atoms with Crippen molar-refractivity contribution in [1.29, 1.82) is 0 Å². The van der Waals surface area contributed by atoms with Gasteiger partial charge in [0.15, 0.2) is 11.0 Å². The van der Waals surface area contributed by atoms with Crippen molar-refractivity contribution in [3.8, 4) is 22.1 Å². The Kier molecular flexibility index (Phi) is 5.17. The van der Waals surface area contributed by atoms with Crippen LogP contribution in [0.3, 0.4) is 0 Å².